The number of hydrogen-bond donors (Lipinski definition) is 1. The largest absolute Gasteiger partial charge is 0.490 e. The molecule has 0 fully saturated rings. The summed E-state index contributed by atoms with van der Waals surface area (Å²) in [6, 6.07) is 10.5. The molecule has 0 saturated heterocycles. The van der Waals surface area contributed by atoms with Crippen molar-refractivity contribution < 1.29 is 22.6 Å². The Labute approximate surface area is 160 Å². The van der Waals surface area contributed by atoms with Crippen LogP contribution in [0.2, 0.25) is 0 Å². The van der Waals surface area contributed by atoms with Crippen LogP contribution in [0.15, 0.2) is 42.6 Å². The third-order valence-electron chi connectivity index (χ3n) is 4.04. The first-order chi connectivity index (χ1) is 13.4. The predicted octanol–water partition coefficient (Wildman–Crippen LogP) is 3.92. The summed E-state index contributed by atoms with van der Waals surface area (Å²) in [7, 11) is 0. The van der Waals surface area contributed by atoms with Gasteiger partial charge >= 0.3 is 6.18 Å². The molecule has 9 heteroatoms. The molecule has 1 aromatic carbocycles. The fourth-order valence-corrected chi connectivity index (χ4v) is 2.73. The number of nitrogens with zero attached hydrogens (tertiary/aromatic N) is 3. The van der Waals surface area contributed by atoms with Gasteiger partial charge in [0.05, 0.1) is 12.6 Å². The van der Waals surface area contributed by atoms with E-state index in [9.17, 15) is 13.2 Å². The molecule has 0 amide bonds. The summed E-state index contributed by atoms with van der Waals surface area (Å²) in [5, 5.41) is 11.7. The monoisotopic (exact) mass is 394 g/mol. The lowest BCUT2D eigenvalue weighted by atomic mass is 10.2. The van der Waals surface area contributed by atoms with E-state index in [2.05, 4.69) is 15.5 Å². The Kier molecular flexibility index (Phi) is 6.03. The van der Waals surface area contributed by atoms with Crippen LogP contribution in [0.1, 0.15) is 31.3 Å². The summed E-state index contributed by atoms with van der Waals surface area (Å²) >= 11 is 0. The highest BCUT2D eigenvalue weighted by atomic mass is 19.4. The molecule has 150 valence electrons. The third-order valence-corrected chi connectivity index (χ3v) is 4.04. The van der Waals surface area contributed by atoms with Gasteiger partial charge in [-0.25, -0.2) is 0 Å². The third kappa shape index (κ3) is 4.92. The average molecular weight is 394 g/mol. The number of hydrogen-bond acceptors (Lipinski definition) is 5. The fraction of sp³-hybridized carbons (Fsp3) is 0.368. The van der Waals surface area contributed by atoms with Crippen molar-refractivity contribution in [2.45, 2.75) is 32.6 Å². The zero-order valence-corrected chi connectivity index (χ0v) is 15.5. The van der Waals surface area contributed by atoms with E-state index >= 15 is 0 Å². The number of rotatable bonds is 8. The second-order valence-corrected chi connectivity index (χ2v) is 6.21. The quantitative estimate of drug-likeness (QED) is 0.628. The maximum atomic E-state index is 12.4. The molecule has 0 saturated carbocycles. The van der Waals surface area contributed by atoms with Crippen LogP contribution in [0, 0.1) is 0 Å². The Morgan fingerprint density at radius 1 is 1.11 bits per heavy atom. The Balaban J connectivity index is 1.69. The maximum Gasteiger partial charge on any atom is 0.422 e. The molecule has 0 aliphatic heterocycles. The molecule has 1 unspecified atom stereocenters. The van der Waals surface area contributed by atoms with Gasteiger partial charge in [-0.15, -0.1) is 10.2 Å². The van der Waals surface area contributed by atoms with Crippen LogP contribution in [0.4, 0.5) is 13.2 Å². The Hall–Kier alpha value is -2.81. The molecular formula is C19H21F3N4O2. The van der Waals surface area contributed by atoms with Crippen LogP contribution in [0.5, 0.6) is 11.5 Å². The standard InChI is InChI=1S/C19H21F3N4O2/c1-3-27-16-10-14(7-8-15(16)28-12-19(20,21)22)11-23-13(2)18-25-24-17-6-4-5-9-26(17)18/h4-10,13,23H,3,11-12H2,1-2H3. The van der Waals surface area contributed by atoms with E-state index in [0.29, 0.717) is 13.2 Å². The van der Waals surface area contributed by atoms with Gasteiger partial charge in [-0.05, 0) is 43.7 Å². The fourth-order valence-electron chi connectivity index (χ4n) is 2.73. The molecule has 2 aromatic heterocycles. The summed E-state index contributed by atoms with van der Waals surface area (Å²) in [6.07, 6.45) is -2.51. The molecule has 3 rings (SSSR count). The summed E-state index contributed by atoms with van der Waals surface area (Å²) < 4.78 is 49.4. The summed E-state index contributed by atoms with van der Waals surface area (Å²) in [4.78, 5) is 0. The number of halogens is 3. The number of nitrogens with one attached hydrogen (secondary N) is 1. The first-order valence-electron chi connectivity index (χ1n) is 8.85. The van der Waals surface area contributed by atoms with E-state index in [1.165, 1.54) is 6.07 Å². The van der Waals surface area contributed by atoms with Crippen molar-refractivity contribution in [1.29, 1.82) is 0 Å². The molecule has 0 bridgehead atoms. The molecule has 3 aromatic rings. The highest BCUT2D eigenvalue weighted by Gasteiger charge is 2.29. The van der Waals surface area contributed by atoms with Gasteiger partial charge in [0.2, 0.25) is 0 Å². The SMILES string of the molecule is CCOc1cc(CNC(C)c2nnc3ccccn23)ccc1OCC(F)(F)F. The molecule has 28 heavy (non-hydrogen) atoms. The molecule has 2 heterocycles. The van der Waals surface area contributed by atoms with Crippen molar-refractivity contribution in [2.75, 3.05) is 13.2 Å². The van der Waals surface area contributed by atoms with Crippen molar-refractivity contribution in [2.24, 2.45) is 0 Å². The number of pyridine rings is 1. The highest BCUT2D eigenvalue weighted by Crippen LogP contribution is 2.30. The van der Waals surface area contributed by atoms with Crippen LogP contribution < -0.4 is 14.8 Å². The van der Waals surface area contributed by atoms with Gasteiger partial charge in [-0.3, -0.25) is 4.40 Å². The Morgan fingerprint density at radius 2 is 1.93 bits per heavy atom. The number of ether oxygens (including phenoxy) is 2. The average Bonchev–Trinajstić information content (AvgIpc) is 3.09. The minimum absolute atomic E-state index is 0.0689. The molecule has 6 nitrogen and oxygen atoms in total. The van der Waals surface area contributed by atoms with Crippen LogP contribution in [0.25, 0.3) is 5.65 Å². The minimum Gasteiger partial charge on any atom is -0.490 e. The van der Waals surface area contributed by atoms with Gasteiger partial charge in [-0.1, -0.05) is 12.1 Å². The van der Waals surface area contributed by atoms with Gasteiger partial charge in [0, 0.05) is 12.7 Å². The number of aromatic nitrogens is 3. The molecule has 0 aliphatic rings. The molecule has 1 atom stereocenters. The van der Waals surface area contributed by atoms with E-state index in [1.807, 2.05) is 35.7 Å². The van der Waals surface area contributed by atoms with E-state index in [-0.39, 0.29) is 17.5 Å². The molecule has 1 N–H and O–H groups in total. The first kappa shape index (κ1) is 19.9. The van der Waals surface area contributed by atoms with E-state index < -0.39 is 12.8 Å². The lowest BCUT2D eigenvalue weighted by molar-refractivity contribution is -0.153. The maximum absolute atomic E-state index is 12.4. The van der Waals surface area contributed by atoms with Gasteiger partial charge in [0.25, 0.3) is 0 Å². The minimum atomic E-state index is -4.40. The lowest BCUT2D eigenvalue weighted by Crippen LogP contribution is -2.21. The van der Waals surface area contributed by atoms with Crippen molar-refractivity contribution in [3.8, 4) is 11.5 Å². The Bertz CT molecular complexity index is 927. The smallest absolute Gasteiger partial charge is 0.422 e. The van der Waals surface area contributed by atoms with Crippen molar-refractivity contribution in [3.05, 3.63) is 54.0 Å². The van der Waals surface area contributed by atoms with E-state index in [1.54, 1.807) is 19.1 Å². The number of alkyl halides is 3. The van der Waals surface area contributed by atoms with E-state index in [4.69, 9.17) is 9.47 Å². The van der Waals surface area contributed by atoms with Gasteiger partial charge < -0.3 is 14.8 Å². The molecule has 0 aliphatic carbocycles. The molecule has 0 radical (unpaired) electrons. The predicted molar refractivity (Wildman–Crippen MR) is 97.4 cm³/mol. The zero-order valence-electron chi connectivity index (χ0n) is 15.5. The molecular weight excluding hydrogens is 373 g/mol. The van der Waals surface area contributed by atoms with Gasteiger partial charge in [0.1, 0.15) is 0 Å². The highest BCUT2D eigenvalue weighted by molar-refractivity contribution is 5.43. The second kappa shape index (κ2) is 8.47. The Morgan fingerprint density at radius 3 is 2.68 bits per heavy atom. The van der Waals surface area contributed by atoms with Crippen LogP contribution in [-0.2, 0) is 6.54 Å². The summed E-state index contributed by atoms with van der Waals surface area (Å²) in [5.41, 5.74) is 1.61. The molecule has 0 spiro atoms. The number of fused-ring (bicyclic) bond motifs is 1. The second-order valence-electron chi connectivity index (χ2n) is 6.21. The van der Waals surface area contributed by atoms with Crippen molar-refractivity contribution in [1.82, 2.24) is 19.9 Å². The van der Waals surface area contributed by atoms with Crippen LogP contribution in [0.3, 0.4) is 0 Å². The van der Waals surface area contributed by atoms with Crippen LogP contribution >= 0.6 is 0 Å². The first-order valence-corrected chi connectivity index (χ1v) is 8.85. The summed E-state index contributed by atoms with van der Waals surface area (Å²) in [5.74, 6) is 1.12. The summed E-state index contributed by atoms with van der Waals surface area (Å²) in [6.45, 7) is 3.16. The van der Waals surface area contributed by atoms with Gasteiger partial charge in [0.15, 0.2) is 29.6 Å². The topological polar surface area (TPSA) is 60.7 Å². The van der Waals surface area contributed by atoms with Crippen molar-refractivity contribution >= 4 is 5.65 Å². The zero-order chi connectivity index (χ0) is 20.1. The normalized spacial score (nSPS) is 12.9. The van der Waals surface area contributed by atoms with Gasteiger partial charge in [-0.2, -0.15) is 13.2 Å². The van der Waals surface area contributed by atoms with Crippen molar-refractivity contribution in [3.63, 3.8) is 0 Å². The van der Waals surface area contributed by atoms with Crippen LogP contribution in [-0.4, -0.2) is 34.0 Å². The van der Waals surface area contributed by atoms with E-state index in [0.717, 1.165) is 17.0 Å². The number of benzene rings is 1. The lowest BCUT2D eigenvalue weighted by Gasteiger charge is -2.16.